The molecule has 0 saturated carbocycles. The Morgan fingerprint density at radius 3 is 2.15 bits per heavy atom. The van der Waals surface area contributed by atoms with Gasteiger partial charge in [-0.1, -0.05) is 60.7 Å². The number of aromatic nitrogens is 2. The zero-order valence-electron chi connectivity index (χ0n) is 11.2. The second kappa shape index (κ2) is 5.61. The third-order valence-corrected chi connectivity index (χ3v) is 3.45. The van der Waals surface area contributed by atoms with Gasteiger partial charge in [0, 0.05) is 0 Å². The van der Waals surface area contributed by atoms with E-state index in [0.717, 1.165) is 6.42 Å². The lowest BCUT2D eigenvalue weighted by atomic mass is 9.99. The molecule has 0 fully saturated rings. The molecule has 0 amide bonds. The molecule has 3 aromatic rings. The SMILES string of the molecule is Nc1ccnn1C(Cc1ccccc1)c1ccccc1. The van der Waals surface area contributed by atoms with E-state index in [2.05, 4.69) is 41.5 Å². The van der Waals surface area contributed by atoms with Crippen molar-refractivity contribution >= 4 is 5.82 Å². The molecule has 3 rings (SSSR count). The minimum absolute atomic E-state index is 0.119. The summed E-state index contributed by atoms with van der Waals surface area (Å²) in [5.74, 6) is 0.690. The second-order valence-electron chi connectivity index (χ2n) is 4.82. The third-order valence-electron chi connectivity index (χ3n) is 3.45. The van der Waals surface area contributed by atoms with Crippen molar-refractivity contribution in [1.29, 1.82) is 0 Å². The molecule has 0 aliphatic rings. The quantitative estimate of drug-likeness (QED) is 0.785. The minimum atomic E-state index is 0.119. The summed E-state index contributed by atoms with van der Waals surface area (Å²) in [5.41, 5.74) is 8.52. The van der Waals surface area contributed by atoms with E-state index in [4.69, 9.17) is 5.73 Å². The van der Waals surface area contributed by atoms with Crippen LogP contribution in [0, 0.1) is 0 Å². The Hall–Kier alpha value is -2.55. The van der Waals surface area contributed by atoms with E-state index in [1.54, 1.807) is 6.20 Å². The average molecular weight is 263 g/mol. The second-order valence-corrected chi connectivity index (χ2v) is 4.82. The van der Waals surface area contributed by atoms with E-state index in [0.29, 0.717) is 5.82 Å². The Morgan fingerprint density at radius 1 is 0.900 bits per heavy atom. The molecule has 100 valence electrons. The van der Waals surface area contributed by atoms with Crippen LogP contribution in [-0.4, -0.2) is 9.78 Å². The van der Waals surface area contributed by atoms with Gasteiger partial charge in [0.1, 0.15) is 5.82 Å². The lowest BCUT2D eigenvalue weighted by Crippen LogP contribution is -2.17. The highest BCUT2D eigenvalue weighted by molar-refractivity contribution is 5.32. The van der Waals surface area contributed by atoms with Crippen molar-refractivity contribution in [3.05, 3.63) is 84.1 Å². The van der Waals surface area contributed by atoms with Gasteiger partial charge in [-0.05, 0) is 23.6 Å². The molecule has 0 aliphatic carbocycles. The fourth-order valence-electron chi connectivity index (χ4n) is 2.44. The summed E-state index contributed by atoms with van der Waals surface area (Å²) in [6.07, 6.45) is 2.62. The maximum Gasteiger partial charge on any atom is 0.122 e. The largest absolute Gasteiger partial charge is 0.384 e. The number of hydrogen-bond donors (Lipinski definition) is 1. The first-order valence-corrected chi connectivity index (χ1v) is 6.72. The smallest absolute Gasteiger partial charge is 0.122 e. The molecule has 3 heteroatoms. The first-order valence-electron chi connectivity index (χ1n) is 6.72. The maximum absolute atomic E-state index is 6.03. The molecule has 1 atom stereocenters. The third kappa shape index (κ3) is 2.57. The number of benzene rings is 2. The molecule has 0 saturated heterocycles. The average Bonchev–Trinajstić information content (AvgIpc) is 2.93. The Balaban J connectivity index is 1.98. The Bertz CT molecular complexity index is 659. The lowest BCUT2D eigenvalue weighted by Gasteiger charge is -2.19. The normalized spacial score (nSPS) is 12.2. The summed E-state index contributed by atoms with van der Waals surface area (Å²) in [7, 11) is 0. The Kier molecular flexibility index (Phi) is 3.50. The van der Waals surface area contributed by atoms with Gasteiger partial charge in [0.2, 0.25) is 0 Å². The van der Waals surface area contributed by atoms with Crippen molar-refractivity contribution in [1.82, 2.24) is 9.78 Å². The number of nitrogen functional groups attached to an aromatic ring is 1. The van der Waals surface area contributed by atoms with Crippen LogP contribution < -0.4 is 5.73 Å². The maximum atomic E-state index is 6.03. The topological polar surface area (TPSA) is 43.8 Å². The minimum Gasteiger partial charge on any atom is -0.384 e. The van der Waals surface area contributed by atoms with Crippen LogP contribution in [0.4, 0.5) is 5.82 Å². The number of hydrogen-bond acceptors (Lipinski definition) is 2. The molecule has 1 aromatic heterocycles. The van der Waals surface area contributed by atoms with E-state index < -0.39 is 0 Å². The van der Waals surface area contributed by atoms with E-state index >= 15 is 0 Å². The highest BCUT2D eigenvalue weighted by Crippen LogP contribution is 2.24. The van der Waals surface area contributed by atoms with E-state index in [1.807, 2.05) is 35.0 Å². The van der Waals surface area contributed by atoms with Crippen molar-refractivity contribution in [2.24, 2.45) is 0 Å². The molecule has 2 aromatic carbocycles. The number of nitrogens with zero attached hydrogens (tertiary/aromatic N) is 2. The van der Waals surface area contributed by atoms with Crippen LogP contribution in [0.1, 0.15) is 17.2 Å². The summed E-state index contributed by atoms with van der Waals surface area (Å²) >= 11 is 0. The standard InChI is InChI=1S/C17H17N3/c18-17-11-12-19-20(17)16(15-9-5-2-6-10-15)13-14-7-3-1-4-8-14/h1-12,16H,13,18H2. The summed E-state index contributed by atoms with van der Waals surface area (Å²) in [6, 6.07) is 22.7. The van der Waals surface area contributed by atoms with Gasteiger partial charge in [-0.2, -0.15) is 5.10 Å². The van der Waals surface area contributed by atoms with Crippen LogP contribution >= 0.6 is 0 Å². The first kappa shape index (κ1) is 12.5. The van der Waals surface area contributed by atoms with E-state index in [-0.39, 0.29) is 6.04 Å². The van der Waals surface area contributed by atoms with Gasteiger partial charge in [-0.25, -0.2) is 4.68 Å². The van der Waals surface area contributed by atoms with Gasteiger partial charge in [-0.3, -0.25) is 0 Å². The molecule has 0 spiro atoms. The van der Waals surface area contributed by atoms with Crippen molar-refractivity contribution in [2.75, 3.05) is 5.73 Å². The molecule has 20 heavy (non-hydrogen) atoms. The van der Waals surface area contributed by atoms with Crippen LogP contribution in [0.3, 0.4) is 0 Å². The van der Waals surface area contributed by atoms with Crippen LogP contribution in [-0.2, 0) is 6.42 Å². The molecular formula is C17H17N3. The summed E-state index contributed by atoms with van der Waals surface area (Å²) < 4.78 is 1.89. The van der Waals surface area contributed by atoms with Gasteiger partial charge in [0.15, 0.2) is 0 Å². The highest BCUT2D eigenvalue weighted by Gasteiger charge is 2.16. The predicted molar refractivity (Wildman–Crippen MR) is 81.4 cm³/mol. The van der Waals surface area contributed by atoms with Crippen LogP contribution in [0.2, 0.25) is 0 Å². The molecule has 1 unspecified atom stereocenters. The van der Waals surface area contributed by atoms with Crippen molar-refractivity contribution < 1.29 is 0 Å². The summed E-state index contributed by atoms with van der Waals surface area (Å²) in [6.45, 7) is 0. The zero-order chi connectivity index (χ0) is 13.8. The molecule has 0 radical (unpaired) electrons. The summed E-state index contributed by atoms with van der Waals surface area (Å²) in [5, 5.41) is 4.38. The lowest BCUT2D eigenvalue weighted by molar-refractivity contribution is 0.528. The highest BCUT2D eigenvalue weighted by atomic mass is 15.3. The van der Waals surface area contributed by atoms with Crippen molar-refractivity contribution in [3.63, 3.8) is 0 Å². The van der Waals surface area contributed by atoms with Crippen molar-refractivity contribution in [3.8, 4) is 0 Å². The van der Waals surface area contributed by atoms with Crippen LogP contribution in [0.25, 0.3) is 0 Å². The van der Waals surface area contributed by atoms with Crippen molar-refractivity contribution in [2.45, 2.75) is 12.5 Å². The molecule has 2 N–H and O–H groups in total. The van der Waals surface area contributed by atoms with E-state index in [1.165, 1.54) is 11.1 Å². The molecule has 3 nitrogen and oxygen atoms in total. The van der Waals surface area contributed by atoms with Crippen LogP contribution in [0.15, 0.2) is 72.9 Å². The molecule has 1 heterocycles. The zero-order valence-corrected chi connectivity index (χ0v) is 11.2. The molecule has 0 bridgehead atoms. The number of rotatable bonds is 4. The Morgan fingerprint density at radius 2 is 1.55 bits per heavy atom. The van der Waals surface area contributed by atoms with Gasteiger partial charge < -0.3 is 5.73 Å². The number of nitrogens with two attached hydrogens (primary N) is 1. The molecule has 0 aliphatic heterocycles. The fourth-order valence-corrected chi connectivity index (χ4v) is 2.44. The van der Waals surface area contributed by atoms with Gasteiger partial charge in [-0.15, -0.1) is 0 Å². The monoisotopic (exact) mass is 263 g/mol. The Labute approximate surface area is 118 Å². The number of anilines is 1. The first-order chi connectivity index (χ1) is 9.84. The van der Waals surface area contributed by atoms with E-state index in [9.17, 15) is 0 Å². The van der Waals surface area contributed by atoms with Gasteiger partial charge >= 0.3 is 0 Å². The van der Waals surface area contributed by atoms with Gasteiger partial charge in [0.05, 0.1) is 12.2 Å². The fraction of sp³-hybridized carbons (Fsp3) is 0.118. The molecular weight excluding hydrogens is 246 g/mol. The van der Waals surface area contributed by atoms with Crippen LogP contribution in [0.5, 0.6) is 0 Å². The van der Waals surface area contributed by atoms with Gasteiger partial charge in [0.25, 0.3) is 0 Å². The summed E-state index contributed by atoms with van der Waals surface area (Å²) in [4.78, 5) is 0. The predicted octanol–water partition coefficient (Wildman–Crippen LogP) is 3.30.